The first-order valence-corrected chi connectivity index (χ1v) is 5.80. The SMILES string of the molecule is CCN=C=[N+](C(CC)NC)C(CC)NC. The Labute approximate surface area is 93.5 Å². The smallest absolute Gasteiger partial charge is 0.281 e. The van der Waals surface area contributed by atoms with E-state index in [1.54, 1.807) is 0 Å². The summed E-state index contributed by atoms with van der Waals surface area (Å²) in [4.78, 5) is 4.20. The summed E-state index contributed by atoms with van der Waals surface area (Å²) in [5.41, 5.74) is 0. The Morgan fingerprint density at radius 2 is 1.53 bits per heavy atom. The summed E-state index contributed by atoms with van der Waals surface area (Å²) in [6.45, 7) is 7.11. The Morgan fingerprint density at radius 3 is 1.80 bits per heavy atom. The van der Waals surface area contributed by atoms with Crippen LogP contribution in [0, 0.1) is 0 Å². The van der Waals surface area contributed by atoms with Gasteiger partial charge in [-0.2, -0.15) is 4.58 Å². The second-order valence-corrected chi connectivity index (χ2v) is 3.41. The first kappa shape index (κ1) is 14.3. The van der Waals surface area contributed by atoms with E-state index in [0.29, 0.717) is 0 Å². The fraction of sp³-hybridized carbons (Fsp3) is 0.909. The van der Waals surface area contributed by atoms with E-state index in [0.717, 1.165) is 19.4 Å². The van der Waals surface area contributed by atoms with E-state index in [2.05, 4.69) is 40.1 Å². The van der Waals surface area contributed by atoms with E-state index in [1.807, 2.05) is 21.0 Å². The van der Waals surface area contributed by atoms with Crippen molar-refractivity contribution in [1.29, 1.82) is 0 Å². The standard InChI is InChI=1S/C11H25N4/c1-6-10(12-4)15(9-14-8-3)11(7-2)13-5/h10-13H,6-8H2,1-5H3/q+1. The molecule has 0 rings (SSSR count). The molecule has 0 aromatic rings. The molecule has 0 aliphatic carbocycles. The zero-order valence-electron chi connectivity index (χ0n) is 10.7. The molecule has 0 fully saturated rings. The Morgan fingerprint density at radius 1 is 1.07 bits per heavy atom. The van der Waals surface area contributed by atoms with Crippen LogP contribution in [0.25, 0.3) is 0 Å². The molecule has 4 heteroatoms. The third-order valence-corrected chi connectivity index (χ3v) is 2.46. The molecule has 0 aromatic carbocycles. The van der Waals surface area contributed by atoms with Crippen LogP contribution in [0.3, 0.4) is 0 Å². The maximum Gasteiger partial charge on any atom is 0.309 e. The number of rotatable bonds is 7. The molecule has 0 radical (unpaired) electrons. The van der Waals surface area contributed by atoms with Gasteiger partial charge in [-0.1, -0.05) is 13.8 Å². The summed E-state index contributed by atoms with van der Waals surface area (Å²) < 4.78 is 2.13. The largest absolute Gasteiger partial charge is 0.309 e. The van der Waals surface area contributed by atoms with Gasteiger partial charge in [-0.15, -0.1) is 0 Å². The van der Waals surface area contributed by atoms with Gasteiger partial charge in [0.25, 0.3) is 0 Å². The van der Waals surface area contributed by atoms with Crippen LogP contribution in [-0.4, -0.2) is 43.6 Å². The van der Waals surface area contributed by atoms with E-state index >= 15 is 0 Å². The maximum atomic E-state index is 4.20. The lowest BCUT2D eigenvalue weighted by Gasteiger charge is -2.21. The molecule has 0 amide bonds. The fourth-order valence-corrected chi connectivity index (χ4v) is 1.59. The predicted molar refractivity (Wildman–Crippen MR) is 64.5 cm³/mol. The van der Waals surface area contributed by atoms with Crippen molar-refractivity contribution in [2.45, 2.75) is 45.9 Å². The molecule has 0 spiro atoms. The van der Waals surface area contributed by atoms with Crippen molar-refractivity contribution >= 4 is 6.01 Å². The van der Waals surface area contributed by atoms with Crippen molar-refractivity contribution in [1.82, 2.24) is 10.6 Å². The van der Waals surface area contributed by atoms with Gasteiger partial charge in [0, 0.05) is 0 Å². The van der Waals surface area contributed by atoms with Crippen molar-refractivity contribution in [3.63, 3.8) is 0 Å². The minimum Gasteiger partial charge on any atom is -0.281 e. The van der Waals surface area contributed by atoms with E-state index < -0.39 is 0 Å². The van der Waals surface area contributed by atoms with Crippen LogP contribution in [0.2, 0.25) is 0 Å². The van der Waals surface area contributed by atoms with Crippen LogP contribution in [0.15, 0.2) is 4.99 Å². The van der Waals surface area contributed by atoms with Crippen molar-refractivity contribution < 1.29 is 4.58 Å². The molecule has 0 aromatic heterocycles. The van der Waals surface area contributed by atoms with Crippen molar-refractivity contribution in [3.05, 3.63) is 0 Å². The summed E-state index contributed by atoms with van der Waals surface area (Å²) in [5.74, 6) is 0. The molecule has 0 saturated heterocycles. The van der Waals surface area contributed by atoms with Crippen LogP contribution < -0.4 is 10.6 Å². The average molecular weight is 213 g/mol. The first-order valence-electron chi connectivity index (χ1n) is 5.80. The first-order chi connectivity index (χ1) is 7.24. The molecule has 0 saturated carbocycles. The molecule has 0 bridgehead atoms. The summed E-state index contributed by atoms with van der Waals surface area (Å²) >= 11 is 0. The molecule has 0 aliphatic rings. The molecule has 4 nitrogen and oxygen atoms in total. The third-order valence-electron chi connectivity index (χ3n) is 2.46. The summed E-state index contributed by atoms with van der Waals surface area (Å²) in [5, 5.41) is 6.55. The van der Waals surface area contributed by atoms with Crippen LogP contribution in [0.1, 0.15) is 33.6 Å². The fourth-order valence-electron chi connectivity index (χ4n) is 1.59. The van der Waals surface area contributed by atoms with Gasteiger partial charge in [0.2, 0.25) is 0 Å². The van der Waals surface area contributed by atoms with Crippen molar-refractivity contribution in [2.24, 2.45) is 4.99 Å². The topological polar surface area (TPSA) is 39.4 Å². The summed E-state index contributed by atoms with van der Waals surface area (Å²) in [6, 6.07) is 3.11. The molecule has 2 atom stereocenters. The molecule has 15 heavy (non-hydrogen) atoms. The number of hydrogen-bond donors (Lipinski definition) is 2. The predicted octanol–water partition coefficient (Wildman–Crippen LogP) is 1.10. The van der Waals surface area contributed by atoms with Gasteiger partial charge in [0.1, 0.15) is 6.54 Å². The molecule has 2 unspecified atom stereocenters. The molecule has 88 valence electrons. The van der Waals surface area contributed by atoms with E-state index in [4.69, 9.17) is 0 Å². The monoisotopic (exact) mass is 213 g/mol. The highest BCUT2D eigenvalue weighted by Crippen LogP contribution is 1.99. The summed E-state index contributed by atoms with van der Waals surface area (Å²) in [7, 11) is 3.94. The minimum atomic E-state index is 0.290. The average Bonchev–Trinajstić information content (AvgIpc) is 2.28. The Hall–Kier alpha value is -0.700. The number of nitrogens with one attached hydrogen (secondary N) is 2. The molecular formula is C11H25N4+. The van der Waals surface area contributed by atoms with Crippen molar-refractivity contribution in [2.75, 3.05) is 20.6 Å². The van der Waals surface area contributed by atoms with Crippen LogP contribution >= 0.6 is 0 Å². The molecule has 2 N–H and O–H groups in total. The lowest BCUT2D eigenvalue weighted by molar-refractivity contribution is -0.607. The van der Waals surface area contributed by atoms with E-state index in [-0.39, 0.29) is 12.3 Å². The van der Waals surface area contributed by atoms with E-state index in [9.17, 15) is 0 Å². The number of nitrogens with zero attached hydrogens (tertiary/aromatic N) is 2. The van der Waals surface area contributed by atoms with Crippen LogP contribution in [0.5, 0.6) is 0 Å². The van der Waals surface area contributed by atoms with Gasteiger partial charge >= 0.3 is 6.01 Å². The van der Waals surface area contributed by atoms with Crippen LogP contribution in [-0.2, 0) is 0 Å². The van der Waals surface area contributed by atoms with E-state index in [1.165, 1.54) is 0 Å². The highest BCUT2D eigenvalue weighted by Gasteiger charge is 2.20. The van der Waals surface area contributed by atoms with Crippen LogP contribution in [0.4, 0.5) is 0 Å². The number of hydrogen-bond acceptors (Lipinski definition) is 3. The number of aliphatic imine (C=N–C) groups is 1. The molecular weight excluding hydrogens is 188 g/mol. The summed E-state index contributed by atoms with van der Waals surface area (Å²) in [6.07, 6.45) is 2.64. The second-order valence-electron chi connectivity index (χ2n) is 3.41. The van der Waals surface area contributed by atoms with Gasteiger partial charge in [-0.25, -0.2) is 0 Å². The molecule has 0 aliphatic heterocycles. The quantitative estimate of drug-likeness (QED) is 0.378. The second kappa shape index (κ2) is 8.60. The Bertz CT molecular complexity index is 197. The zero-order valence-corrected chi connectivity index (χ0v) is 10.7. The third kappa shape index (κ3) is 4.56. The normalized spacial score (nSPS) is 14.2. The lowest BCUT2D eigenvalue weighted by atomic mass is 10.3. The Balaban J connectivity index is 4.93. The van der Waals surface area contributed by atoms with Gasteiger partial charge in [0.15, 0.2) is 12.3 Å². The van der Waals surface area contributed by atoms with Gasteiger partial charge in [-0.3, -0.25) is 10.6 Å². The van der Waals surface area contributed by atoms with Gasteiger partial charge in [0.05, 0.1) is 0 Å². The maximum absolute atomic E-state index is 4.20. The van der Waals surface area contributed by atoms with Crippen molar-refractivity contribution in [3.8, 4) is 0 Å². The minimum absolute atomic E-state index is 0.290. The zero-order chi connectivity index (χ0) is 11.7. The van der Waals surface area contributed by atoms with Gasteiger partial charge < -0.3 is 0 Å². The highest BCUT2D eigenvalue weighted by atomic mass is 15.3. The molecule has 0 heterocycles. The highest BCUT2D eigenvalue weighted by molar-refractivity contribution is 5.34. The van der Waals surface area contributed by atoms with Gasteiger partial charge in [-0.05, 0) is 38.9 Å². The lowest BCUT2D eigenvalue weighted by Crippen LogP contribution is -2.47. The Kier molecular flexibility index (Phi) is 8.19.